The summed E-state index contributed by atoms with van der Waals surface area (Å²) in [6, 6.07) is 13.0. The number of hydrogen-bond donors (Lipinski definition) is 3. The van der Waals surface area contributed by atoms with Gasteiger partial charge in [0.2, 0.25) is 5.91 Å². The molecule has 3 N–H and O–H groups in total. The molecular weight excluding hydrogens is 344 g/mol. The van der Waals surface area contributed by atoms with Crippen LogP contribution in [-0.4, -0.2) is 28.4 Å². The second kappa shape index (κ2) is 8.49. The van der Waals surface area contributed by atoms with Crippen LogP contribution in [0.2, 0.25) is 0 Å². The summed E-state index contributed by atoms with van der Waals surface area (Å²) >= 11 is 0. The Morgan fingerprint density at radius 3 is 2.22 bits per heavy atom. The average molecular weight is 368 g/mol. The van der Waals surface area contributed by atoms with Crippen LogP contribution in [-0.2, 0) is 11.2 Å². The van der Waals surface area contributed by atoms with Crippen molar-refractivity contribution in [2.75, 3.05) is 5.32 Å². The van der Waals surface area contributed by atoms with E-state index in [-0.39, 0.29) is 29.3 Å². The molecule has 0 spiro atoms. The minimum atomic E-state index is -1.07. The van der Waals surface area contributed by atoms with Crippen molar-refractivity contribution in [1.29, 1.82) is 0 Å². The van der Waals surface area contributed by atoms with E-state index in [0.29, 0.717) is 16.8 Å². The van der Waals surface area contributed by atoms with E-state index in [0.717, 1.165) is 6.42 Å². The van der Waals surface area contributed by atoms with Gasteiger partial charge < -0.3 is 15.7 Å². The van der Waals surface area contributed by atoms with Crippen molar-refractivity contribution < 1.29 is 19.5 Å². The van der Waals surface area contributed by atoms with Gasteiger partial charge in [-0.05, 0) is 56.2 Å². The molecule has 142 valence electrons. The SMILES string of the molecule is CCC(C)(C)NC(=O)c1ccc(NC(=O)Cc2ccccc2C(=O)O)cc1. The molecule has 6 heteroatoms. The smallest absolute Gasteiger partial charge is 0.335 e. The molecule has 0 aliphatic rings. The van der Waals surface area contributed by atoms with Gasteiger partial charge in [0.05, 0.1) is 12.0 Å². The van der Waals surface area contributed by atoms with Crippen molar-refractivity contribution >= 4 is 23.5 Å². The number of carboxylic acid groups (broad SMARTS) is 1. The van der Waals surface area contributed by atoms with Crippen molar-refractivity contribution in [1.82, 2.24) is 5.32 Å². The van der Waals surface area contributed by atoms with Crippen molar-refractivity contribution in [3.05, 3.63) is 65.2 Å². The zero-order chi connectivity index (χ0) is 20.0. The van der Waals surface area contributed by atoms with Gasteiger partial charge in [0.25, 0.3) is 5.91 Å². The third-order valence-corrected chi connectivity index (χ3v) is 4.37. The number of carboxylic acids is 1. The van der Waals surface area contributed by atoms with Crippen molar-refractivity contribution in [3.63, 3.8) is 0 Å². The number of nitrogens with one attached hydrogen (secondary N) is 2. The molecule has 2 aromatic rings. The summed E-state index contributed by atoms with van der Waals surface area (Å²) in [6.07, 6.45) is 0.764. The van der Waals surface area contributed by atoms with Crippen LogP contribution >= 0.6 is 0 Å². The molecule has 0 atom stereocenters. The van der Waals surface area contributed by atoms with Gasteiger partial charge in [0.15, 0.2) is 0 Å². The maximum Gasteiger partial charge on any atom is 0.335 e. The van der Waals surface area contributed by atoms with Gasteiger partial charge in [-0.3, -0.25) is 9.59 Å². The first-order valence-electron chi connectivity index (χ1n) is 8.75. The highest BCUT2D eigenvalue weighted by Gasteiger charge is 2.19. The number of amides is 2. The number of carbonyl (C=O) groups is 3. The molecule has 2 amide bonds. The highest BCUT2D eigenvalue weighted by Crippen LogP contribution is 2.14. The van der Waals surface area contributed by atoms with Gasteiger partial charge in [0.1, 0.15) is 0 Å². The summed E-state index contributed by atoms with van der Waals surface area (Å²) in [5.41, 5.74) is 1.31. The second-order valence-corrected chi connectivity index (χ2v) is 6.96. The van der Waals surface area contributed by atoms with Gasteiger partial charge in [0, 0.05) is 16.8 Å². The van der Waals surface area contributed by atoms with Crippen molar-refractivity contribution in [2.45, 2.75) is 39.2 Å². The highest BCUT2D eigenvalue weighted by molar-refractivity contribution is 5.97. The van der Waals surface area contributed by atoms with Gasteiger partial charge >= 0.3 is 5.97 Å². The molecular formula is C21H24N2O4. The van der Waals surface area contributed by atoms with E-state index in [1.807, 2.05) is 20.8 Å². The molecule has 2 aromatic carbocycles. The van der Waals surface area contributed by atoms with Crippen LogP contribution in [0.1, 0.15) is 53.5 Å². The monoisotopic (exact) mass is 368 g/mol. The molecule has 0 bridgehead atoms. The molecule has 0 aromatic heterocycles. The van der Waals surface area contributed by atoms with Crippen LogP contribution < -0.4 is 10.6 Å². The molecule has 0 unspecified atom stereocenters. The van der Waals surface area contributed by atoms with Crippen LogP contribution in [0.25, 0.3) is 0 Å². The van der Waals surface area contributed by atoms with E-state index in [2.05, 4.69) is 10.6 Å². The van der Waals surface area contributed by atoms with E-state index in [1.165, 1.54) is 6.07 Å². The van der Waals surface area contributed by atoms with Gasteiger partial charge in [-0.25, -0.2) is 4.79 Å². The fourth-order valence-corrected chi connectivity index (χ4v) is 2.43. The van der Waals surface area contributed by atoms with Crippen molar-refractivity contribution in [3.8, 4) is 0 Å². The minimum absolute atomic E-state index is 0.0462. The van der Waals surface area contributed by atoms with E-state index >= 15 is 0 Å². The molecule has 0 fully saturated rings. The maximum atomic E-state index is 12.2. The second-order valence-electron chi connectivity index (χ2n) is 6.96. The van der Waals surface area contributed by atoms with Crippen LogP contribution in [0.5, 0.6) is 0 Å². The Morgan fingerprint density at radius 1 is 1.00 bits per heavy atom. The lowest BCUT2D eigenvalue weighted by Gasteiger charge is -2.24. The molecule has 27 heavy (non-hydrogen) atoms. The normalized spacial score (nSPS) is 10.9. The summed E-state index contributed by atoms with van der Waals surface area (Å²) in [7, 11) is 0. The number of aromatic carboxylic acids is 1. The van der Waals surface area contributed by atoms with E-state index in [9.17, 15) is 19.5 Å². The highest BCUT2D eigenvalue weighted by atomic mass is 16.4. The Kier molecular flexibility index (Phi) is 6.34. The maximum absolute atomic E-state index is 12.2. The summed E-state index contributed by atoms with van der Waals surface area (Å²) in [5, 5.41) is 14.8. The molecule has 0 saturated heterocycles. The minimum Gasteiger partial charge on any atom is -0.478 e. The Hall–Kier alpha value is -3.15. The first kappa shape index (κ1) is 20.2. The standard InChI is InChI=1S/C21H24N2O4/c1-4-21(2,3)23-19(25)14-9-11-16(12-10-14)22-18(24)13-15-7-5-6-8-17(15)20(26)27/h5-12H,4,13H2,1-3H3,(H,22,24)(H,23,25)(H,26,27). The lowest BCUT2D eigenvalue weighted by atomic mass is 10.0. The number of rotatable bonds is 7. The Labute approximate surface area is 158 Å². The number of hydrogen-bond acceptors (Lipinski definition) is 3. The first-order chi connectivity index (χ1) is 12.7. The predicted octanol–water partition coefficient (Wildman–Crippen LogP) is 3.48. The zero-order valence-electron chi connectivity index (χ0n) is 15.7. The zero-order valence-corrected chi connectivity index (χ0v) is 15.7. The Morgan fingerprint density at radius 2 is 1.63 bits per heavy atom. The van der Waals surface area contributed by atoms with Gasteiger partial charge in [-0.1, -0.05) is 25.1 Å². The first-order valence-corrected chi connectivity index (χ1v) is 8.75. The number of carbonyl (C=O) groups excluding carboxylic acids is 2. The Bertz CT molecular complexity index is 842. The molecule has 0 saturated carbocycles. The average Bonchev–Trinajstić information content (AvgIpc) is 2.62. The van der Waals surface area contributed by atoms with Crippen LogP contribution in [0, 0.1) is 0 Å². The summed E-state index contributed by atoms with van der Waals surface area (Å²) < 4.78 is 0. The van der Waals surface area contributed by atoms with E-state index in [4.69, 9.17) is 0 Å². The van der Waals surface area contributed by atoms with Gasteiger partial charge in [-0.15, -0.1) is 0 Å². The van der Waals surface area contributed by atoms with Crippen LogP contribution in [0.3, 0.4) is 0 Å². The van der Waals surface area contributed by atoms with Gasteiger partial charge in [-0.2, -0.15) is 0 Å². The molecule has 0 radical (unpaired) electrons. The summed E-state index contributed by atoms with van der Waals surface area (Å²) in [5.74, 6) is -1.56. The number of anilines is 1. The molecule has 6 nitrogen and oxygen atoms in total. The summed E-state index contributed by atoms with van der Waals surface area (Å²) in [6.45, 7) is 5.91. The van der Waals surface area contributed by atoms with Crippen LogP contribution in [0.15, 0.2) is 48.5 Å². The van der Waals surface area contributed by atoms with Crippen molar-refractivity contribution in [2.24, 2.45) is 0 Å². The number of benzene rings is 2. The predicted molar refractivity (Wildman–Crippen MR) is 104 cm³/mol. The topological polar surface area (TPSA) is 95.5 Å². The third-order valence-electron chi connectivity index (χ3n) is 4.37. The molecule has 0 aliphatic heterocycles. The summed E-state index contributed by atoms with van der Waals surface area (Å²) in [4.78, 5) is 35.7. The molecule has 0 heterocycles. The quantitative estimate of drug-likeness (QED) is 0.697. The third kappa shape index (κ3) is 5.67. The fourth-order valence-electron chi connectivity index (χ4n) is 2.43. The van der Waals surface area contributed by atoms with E-state index in [1.54, 1.807) is 42.5 Å². The largest absolute Gasteiger partial charge is 0.478 e. The van der Waals surface area contributed by atoms with E-state index < -0.39 is 5.97 Å². The Balaban J connectivity index is 2.01. The lowest BCUT2D eigenvalue weighted by Crippen LogP contribution is -2.42. The fraction of sp³-hybridized carbons (Fsp3) is 0.286. The van der Waals surface area contributed by atoms with Crippen LogP contribution in [0.4, 0.5) is 5.69 Å². The molecule has 0 aliphatic carbocycles. The lowest BCUT2D eigenvalue weighted by molar-refractivity contribution is -0.115. The molecule has 2 rings (SSSR count).